The molecule has 23 heavy (non-hydrogen) atoms. The van der Waals surface area contributed by atoms with E-state index in [0.717, 1.165) is 16.1 Å². The average Bonchev–Trinajstić information content (AvgIpc) is 2.96. The molecule has 1 aromatic heterocycles. The first-order valence-electron chi connectivity index (χ1n) is 7.11. The minimum atomic E-state index is -1.01. The predicted octanol–water partition coefficient (Wildman–Crippen LogP) is 4.40. The molecule has 0 spiro atoms. The number of aromatic carboxylic acids is 1. The largest absolute Gasteiger partial charge is 0.489 e. The topological polar surface area (TPSA) is 59.4 Å². The molecule has 3 aromatic rings. The number of thiazole rings is 1. The second-order valence-electron chi connectivity index (χ2n) is 5.02. The maximum Gasteiger partial charge on any atom is 0.356 e. The van der Waals surface area contributed by atoms with Gasteiger partial charge in [0.2, 0.25) is 0 Å². The van der Waals surface area contributed by atoms with Gasteiger partial charge >= 0.3 is 5.97 Å². The molecule has 5 heteroatoms. The van der Waals surface area contributed by atoms with Crippen LogP contribution in [0.1, 0.15) is 21.1 Å². The summed E-state index contributed by atoms with van der Waals surface area (Å²) in [6.45, 7) is 2.27. The van der Waals surface area contributed by atoms with Crippen LogP contribution in [0.15, 0.2) is 54.6 Å². The van der Waals surface area contributed by atoms with E-state index in [1.54, 1.807) is 6.92 Å². The van der Waals surface area contributed by atoms with Gasteiger partial charge in [-0.05, 0) is 30.2 Å². The van der Waals surface area contributed by atoms with Gasteiger partial charge in [-0.3, -0.25) is 0 Å². The van der Waals surface area contributed by atoms with Crippen LogP contribution in [-0.4, -0.2) is 16.1 Å². The number of aromatic nitrogens is 1. The Morgan fingerprint density at radius 3 is 2.70 bits per heavy atom. The van der Waals surface area contributed by atoms with E-state index in [0.29, 0.717) is 17.2 Å². The van der Waals surface area contributed by atoms with Crippen molar-refractivity contribution >= 4 is 17.3 Å². The van der Waals surface area contributed by atoms with Crippen molar-refractivity contribution in [3.63, 3.8) is 0 Å². The van der Waals surface area contributed by atoms with Gasteiger partial charge in [0, 0.05) is 0 Å². The first kappa shape index (κ1) is 15.2. The lowest BCUT2D eigenvalue weighted by atomic mass is 10.1. The highest BCUT2D eigenvalue weighted by atomic mass is 32.1. The van der Waals surface area contributed by atoms with Crippen molar-refractivity contribution in [2.45, 2.75) is 13.5 Å². The molecule has 3 rings (SSSR count). The van der Waals surface area contributed by atoms with Gasteiger partial charge in [0.25, 0.3) is 0 Å². The summed E-state index contributed by atoms with van der Waals surface area (Å²) in [7, 11) is 0. The molecule has 0 aliphatic rings. The Morgan fingerprint density at radius 2 is 1.96 bits per heavy atom. The number of benzene rings is 2. The molecular formula is C18H15NO3S. The quantitative estimate of drug-likeness (QED) is 0.755. The van der Waals surface area contributed by atoms with Crippen LogP contribution in [0.3, 0.4) is 0 Å². The summed E-state index contributed by atoms with van der Waals surface area (Å²) in [6, 6.07) is 17.3. The Labute approximate surface area is 138 Å². The molecule has 0 saturated carbocycles. The SMILES string of the molecule is Cc1nc(C(=O)O)c(-c2cccc(OCc3ccccc3)c2)s1. The second kappa shape index (κ2) is 6.62. The summed E-state index contributed by atoms with van der Waals surface area (Å²) in [6.07, 6.45) is 0. The van der Waals surface area contributed by atoms with E-state index in [9.17, 15) is 9.90 Å². The number of carboxylic acids is 1. The predicted molar refractivity (Wildman–Crippen MR) is 90.0 cm³/mol. The highest BCUT2D eigenvalue weighted by molar-refractivity contribution is 7.15. The number of aryl methyl sites for hydroxylation is 1. The highest BCUT2D eigenvalue weighted by Gasteiger charge is 2.17. The number of carbonyl (C=O) groups is 1. The summed E-state index contributed by atoms with van der Waals surface area (Å²) in [5.41, 5.74) is 1.98. The van der Waals surface area contributed by atoms with Crippen molar-refractivity contribution in [3.8, 4) is 16.2 Å². The van der Waals surface area contributed by atoms with Crippen molar-refractivity contribution < 1.29 is 14.6 Å². The van der Waals surface area contributed by atoms with E-state index in [2.05, 4.69) is 4.98 Å². The van der Waals surface area contributed by atoms with Crippen LogP contribution in [0.4, 0.5) is 0 Å². The van der Waals surface area contributed by atoms with E-state index >= 15 is 0 Å². The molecule has 0 unspecified atom stereocenters. The third-order valence-electron chi connectivity index (χ3n) is 3.28. The second-order valence-corrected chi connectivity index (χ2v) is 6.22. The average molecular weight is 325 g/mol. The van der Waals surface area contributed by atoms with Crippen molar-refractivity contribution in [1.82, 2.24) is 4.98 Å². The van der Waals surface area contributed by atoms with E-state index in [-0.39, 0.29) is 5.69 Å². The Bertz CT molecular complexity index is 827. The third-order valence-corrected chi connectivity index (χ3v) is 4.30. The van der Waals surface area contributed by atoms with Gasteiger partial charge in [0.15, 0.2) is 5.69 Å². The minimum absolute atomic E-state index is 0.0905. The summed E-state index contributed by atoms with van der Waals surface area (Å²) >= 11 is 1.37. The van der Waals surface area contributed by atoms with Crippen LogP contribution in [0.2, 0.25) is 0 Å². The zero-order valence-electron chi connectivity index (χ0n) is 12.5. The van der Waals surface area contributed by atoms with Gasteiger partial charge in [-0.25, -0.2) is 9.78 Å². The molecule has 1 heterocycles. The number of carboxylic acid groups (broad SMARTS) is 1. The fraction of sp³-hybridized carbons (Fsp3) is 0.111. The number of nitrogens with zero attached hydrogens (tertiary/aromatic N) is 1. The van der Waals surface area contributed by atoms with Crippen LogP contribution in [-0.2, 0) is 6.61 Å². The van der Waals surface area contributed by atoms with Crippen LogP contribution >= 0.6 is 11.3 Å². The van der Waals surface area contributed by atoms with E-state index in [1.165, 1.54) is 11.3 Å². The molecule has 0 aliphatic carbocycles. The standard InChI is InChI=1S/C18H15NO3S/c1-12-19-16(18(20)21)17(23-12)14-8-5-9-15(10-14)22-11-13-6-3-2-4-7-13/h2-10H,11H2,1H3,(H,20,21). The minimum Gasteiger partial charge on any atom is -0.489 e. The van der Waals surface area contributed by atoms with Crippen molar-refractivity contribution in [2.75, 3.05) is 0 Å². The van der Waals surface area contributed by atoms with E-state index in [4.69, 9.17) is 4.74 Å². The summed E-state index contributed by atoms with van der Waals surface area (Å²) in [5.74, 6) is -0.311. The molecule has 2 aromatic carbocycles. The third kappa shape index (κ3) is 3.57. The van der Waals surface area contributed by atoms with Gasteiger partial charge in [0.1, 0.15) is 12.4 Å². The molecule has 116 valence electrons. The molecule has 0 atom stereocenters. The van der Waals surface area contributed by atoms with Gasteiger partial charge in [-0.15, -0.1) is 11.3 Å². The zero-order valence-corrected chi connectivity index (χ0v) is 13.3. The van der Waals surface area contributed by atoms with Crippen molar-refractivity contribution in [2.24, 2.45) is 0 Å². The summed E-state index contributed by atoms with van der Waals surface area (Å²) in [4.78, 5) is 16.1. The van der Waals surface area contributed by atoms with Crippen molar-refractivity contribution in [3.05, 3.63) is 70.9 Å². The van der Waals surface area contributed by atoms with Crippen LogP contribution < -0.4 is 4.74 Å². The first-order valence-corrected chi connectivity index (χ1v) is 7.93. The molecule has 0 aliphatic heterocycles. The Morgan fingerprint density at radius 1 is 1.17 bits per heavy atom. The van der Waals surface area contributed by atoms with Crippen LogP contribution in [0, 0.1) is 6.92 Å². The van der Waals surface area contributed by atoms with E-state index in [1.807, 2.05) is 54.6 Å². The lowest BCUT2D eigenvalue weighted by Crippen LogP contribution is -1.99. The van der Waals surface area contributed by atoms with Crippen LogP contribution in [0.5, 0.6) is 5.75 Å². The van der Waals surface area contributed by atoms with Crippen LogP contribution in [0.25, 0.3) is 10.4 Å². The normalized spacial score (nSPS) is 10.5. The monoisotopic (exact) mass is 325 g/mol. The number of rotatable bonds is 5. The fourth-order valence-electron chi connectivity index (χ4n) is 2.24. The van der Waals surface area contributed by atoms with Gasteiger partial charge < -0.3 is 9.84 Å². The van der Waals surface area contributed by atoms with Gasteiger partial charge in [-0.2, -0.15) is 0 Å². The maximum absolute atomic E-state index is 11.3. The number of ether oxygens (including phenoxy) is 1. The van der Waals surface area contributed by atoms with Crippen molar-refractivity contribution in [1.29, 1.82) is 0 Å². The Hall–Kier alpha value is -2.66. The van der Waals surface area contributed by atoms with Gasteiger partial charge in [-0.1, -0.05) is 42.5 Å². The summed E-state index contributed by atoms with van der Waals surface area (Å²) < 4.78 is 5.80. The maximum atomic E-state index is 11.3. The molecule has 0 saturated heterocycles. The van der Waals surface area contributed by atoms with Gasteiger partial charge in [0.05, 0.1) is 9.88 Å². The lowest BCUT2D eigenvalue weighted by Gasteiger charge is -2.08. The van der Waals surface area contributed by atoms with E-state index < -0.39 is 5.97 Å². The molecule has 0 fully saturated rings. The lowest BCUT2D eigenvalue weighted by molar-refractivity contribution is 0.0692. The number of hydrogen-bond acceptors (Lipinski definition) is 4. The molecular weight excluding hydrogens is 310 g/mol. The fourth-order valence-corrected chi connectivity index (χ4v) is 3.14. The molecule has 4 nitrogen and oxygen atoms in total. The Balaban J connectivity index is 1.84. The molecule has 0 radical (unpaired) electrons. The summed E-state index contributed by atoms with van der Waals surface area (Å²) in [5, 5.41) is 10.0. The molecule has 0 amide bonds. The first-order chi connectivity index (χ1) is 11.1. The Kier molecular flexibility index (Phi) is 4.39. The molecule has 0 bridgehead atoms. The highest BCUT2D eigenvalue weighted by Crippen LogP contribution is 2.32. The molecule has 1 N–H and O–H groups in total. The number of hydrogen-bond donors (Lipinski definition) is 1. The smallest absolute Gasteiger partial charge is 0.356 e. The zero-order chi connectivity index (χ0) is 16.2.